The van der Waals surface area contributed by atoms with Gasteiger partial charge in [-0.1, -0.05) is 38.1 Å². The molecule has 1 saturated heterocycles. The molecule has 0 bridgehead atoms. The first kappa shape index (κ1) is 20.0. The van der Waals surface area contributed by atoms with E-state index in [0.717, 1.165) is 30.7 Å². The highest BCUT2D eigenvalue weighted by molar-refractivity contribution is 5.82. The smallest absolute Gasteiger partial charge is 0.248 e. The van der Waals surface area contributed by atoms with E-state index < -0.39 is 12.1 Å². The van der Waals surface area contributed by atoms with Gasteiger partial charge in [0.05, 0.1) is 17.8 Å². The predicted octanol–water partition coefficient (Wildman–Crippen LogP) is 1.65. The van der Waals surface area contributed by atoms with E-state index in [1.54, 1.807) is 9.58 Å². The summed E-state index contributed by atoms with van der Waals surface area (Å²) in [5.41, 5.74) is 1.58. The number of aliphatic hydroxyl groups is 1. The fourth-order valence-electron chi connectivity index (χ4n) is 4.22. The van der Waals surface area contributed by atoms with Crippen molar-refractivity contribution in [2.45, 2.75) is 70.6 Å². The van der Waals surface area contributed by atoms with Crippen LogP contribution in [-0.4, -0.2) is 63.2 Å². The van der Waals surface area contributed by atoms with Gasteiger partial charge >= 0.3 is 0 Å². The van der Waals surface area contributed by atoms with Crippen LogP contribution in [0, 0.1) is 5.41 Å². The number of β-amino-alcohol motifs (C(OH)–C–C–N with tert-alkyl or cyclic N) is 1. The van der Waals surface area contributed by atoms with Gasteiger partial charge in [-0.25, -0.2) is 4.68 Å². The molecule has 0 spiro atoms. The van der Waals surface area contributed by atoms with Crippen LogP contribution >= 0.6 is 0 Å². The predicted molar refractivity (Wildman–Crippen MR) is 104 cm³/mol. The lowest BCUT2D eigenvalue weighted by Gasteiger charge is -2.35. The number of likely N-dealkylation sites (N-methyl/N-ethyl adjacent to an activating group) is 1. The highest BCUT2D eigenvalue weighted by Crippen LogP contribution is 2.47. The van der Waals surface area contributed by atoms with Crippen molar-refractivity contribution in [1.29, 1.82) is 0 Å². The third-order valence-electron chi connectivity index (χ3n) is 5.87. The quantitative estimate of drug-likeness (QED) is 0.739. The fourth-order valence-corrected chi connectivity index (χ4v) is 4.22. The van der Waals surface area contributed by atoms with E-state index in [4.69, 9.17) is 0 Å². The number of rotatable bonds is 6. The SMILES string of the molecule is C=C(C)[C@@H]1C[C@@H](O)CN1C(=O)[C@@H](n1cc(C2(CNC)CC2)nn1)C(C)(C)C. The molecule has 150 valence electrons. The molecule has 1 saturated carbocycles. The zero-order valence-electron chi connectivity index (χ0n) is 17.2. The molecular formula is C20H33N5O2. The molecule has 1 aliphatic heterocycles. The van der Waals surface area contributed by atoms with Crippen molar-refractivity contribution in [3.8, 4) is 0 Å². The Morgan fingerprint density at radius 2 is 2.15 bits per heavy atom. The maximum absolute atomic E-state index is 13.5. The second kappa shape index (κ2) is 7.02. The fraction of sp³-hybridized carbons (Fsp3) is 0.750. The summed E-state index contributed by atoms with van der Waals surface area (Å²) in [7, 11) is 1.95. The molecule has 2 aliphatic rings. The van der Waals surface area contributed by atoms with Gasteiger partial charge in [0, 0.05) is 24.7 Å². The second-order valence-corrected chi connectivity index (χ2v) is 9.41. The van der Waals surface area contributed by atoms with Gasteiger partial charge in [-0.3, -0.25) is 4.79 Å². The molecule has 7 nitrogen and oxygen atoms in total. The number of hydrogen-bond donors (Lipinski definition) is 2. The third-order valence-corrected chi connectivity index (χ3v) is 5.87. The Morgan fingerprint density at radius 1 is 1.48 bits per heavy atom. The van der Waals surface area contributed by atoms with Gasteiger partial charge in [0.1, 0.15) is 6.04 Å². The maximum atomic E-state index is 13.5. The second-order valence-electron chi connectivity index (χ2n) is 9.41. The lowest BCUT2D eigenvalue weighted by molar-refractivity contribution is -0.139. The van der Waals surface area contributed by atoms with E-state index >= 15 is 0 Å². The number of carbonyl (C=O) groups excluding carboxylic acids is 1. The highest BCUT2D eigenvalue weighted by Gasteiger charge is 2.48. The van der Waals surface area contributed by atoms with Crippen molar-refractivity contribution in [2.75, 3.05) is 20.1 Å². The topological polar surface area (TPSA) is 83.3 Å². The van der Waals surface area contributed by atoms with E-state index in [-0.39, 0.29) is 22.8 Å². The largest absolute Gasteiger partial charge is 0.391 e. The lowest BCUT2D eigenvalue weighted by Crippen LogP contribution is -2.45. The standard InChI is InChI=1S/C20H33N5O2/c1-13(2)15-9-14(26)10-24(15)18(27)17(19(3,4)5)25-11-16(22-23-25)20(7-8-20)12-21-6/h11,14-15,17,21,26H,1,7-10,12H2,2-6H3/t14-,15+,17-/m1/s1. The van der Waals surface area contributed by atoms with Crippen LogP contribution in [0.4, 0.5) is 0 Å². The summed E-state index contributed by atoms with van der Waals surface area (Å²) in [5.74, 6) is -0.0260. The zero-order valence-corrected chi connectivity index (χ0v) is 17.2. The minimum absolute atomic E-state index is 0.0260. The Hall–Kier alpha value is -1.73. The van der Waals surface area contributed by atoms with Gasteiger partial charge in [0.2, 0.25) is 5.91 Å². The van der Waals surface area contributed by atoms with E-state index in [1.165, 1.54) is 0 Å². The summed E-state index contributed by atoms with van der Waals surface area (Å²) in [6, 6.07) is -0.601. The van der Waals surface area contributed by atoms with E-state index in [9.17, 15) is 9.90 Å². The number of aliphatic hydroxyl groups excluding tert-OH is 1. The first-order chi connectivity index (χ1) is 12.6. The van der Waals surface area contributed by atoms with Crippen LogP contribution in [0.3, 0.4) is 0 Å². The average molecular weight is 376 g/mol. The van der Waals surface area contributed by atoms with Crippen LogP contribution in [-0.2, 0) is 10.2 Å². The summed E-state index contributed by atoms with van der Waals surface area (Å²) in [4.78, 5) is 15.3. The van der Waals surface area contributed by atoms with Crippen molar-refractivity contribution in [3.63, 3.8) is 0 Å². The van der Waals surface area contributed by atoms with E-state index in [1.807, 2.05) is 40.9 Å². The Kier molecular flexibility index (Phi) is 5.20. The molecule has 2 heterocycles. The summed E-state index contributed by atoms with van der Waals surface area (Å²) >= 11 is 0. The van der Waals surface area contributed by atoms with Crippen molar-refractivity contribution < 1.29 is 9.90 Å². The number of nitrogens with one attached hydrogen (secondary N) is 1. The van der Waals surface area contributed by atoms with Crippen molar-refractivity contribution in [1.82, 2.24) is 25.2 Å². The molecule has 1 aliphatic carbocycles. The highest BCUT2D eigenvalue weighted by atomic mass is 16.3. The molecular weight excluding hydrogens is 342 g/mol. The summed E-state index contributed by atoms with van der Waals surface area (Å²) < 4.78 is 1.73. The van der Waals surface area contributed by atoms with Gasteiger partial charge in [0.25, 0.3) is 0 Å². The number of amides is 1. The van der Waals surface area contributed by atoms with Crippen LogP contribution in [0.25, 0.3) is 0 Å². The molecule has 3 rings (SSSR count). The number of nitrogens with zero attached hydrogens (tertiary/aromatic N) is 4. The minimum atomic E-state index is -0.507. The van der Waals surface area contributed by atoms with Gasteiger partial charge in [-0.05, 0) is 38.6 Å². The van der Waals surface area contributed by atoms with Gasteiger partial charge in [-0.15, -0.1) is 5.10 Å². The Bertz CT molecular complexity index is 716. The minimum Gasteiger partial charge on any atom is -0.391 e. The molecule has 27 heavy (non-hydrogen) atoms. The summed E-state index contributed by atoms with van der Waals surface area (Å²) in [6.45, 7) is 13.3. The molecule has 1 aromatic heterocycles. The Balaban J connectivity index is 1.90. The lowest BCUT2D eigenvalue weighted by atomic mass is 9.85. The monoisotopic (exact) mass is 375 g/mol. The summed E-state index contributed by atoms with van der Waals surface area (Å²) in [5, 5.41) is 22.1. The number of aromatic nitrogens is 3. The van der Waals surface area contributed by atoms with Gasteiger partial charge < -0.3 is 15.3 Å². The van der Waals surface area contributed by atoms with Crippen molar-refractivity contribution in [3.05, 3.63) is 24.0 Å². The van der Waals surface area contributed by atoms with Gasteiger partial charge in [-0.2, -0.15) is 0 Å². The molecule has 2 N–H and O–H groups in total. The molecule has 1 aromatic rings. The van der Waals surface area contributed by atoms with Crippen LogP contribution in [0.15, 0.2) is 18.3 Å². The first-order valence-electron chi connectivity index (χ1n) is 9.80. The number of likely N-dealkylation sites (tertiary alicyclic amines) is 1. The molecule has 2 fully saturated rings. The van der Waals surface area contributed by atoms with E-state index in [2.05, 4.69) is 22.2 Å². The van der Waals surface area contributed by atoms with Crippen LogP contribution in [0.2, 0.25) is 0 Å². The molecule has 7 heteroatoms. The number of hydrogen-bond acceptors (Lipinski definition) is 5. The molecule has 0 radical (unpaired) electrons. The normalized spacial score (nSPS) is 25.5. The third kappa shape index (κ3) is 3.80. The van der Waals surface area contributed by atoms with Crippen molar-refractivity contribution >= 4 is 5.91 Å². The molecule has 1 amide bonds. The molecule has 3 atom stereocenters. The van der Waals surface area contributed by atoms with Crippen LogP contribution < -0.4 is 5.32 Å². The molecule has 0 aromatic carbocycles. The first-order valence-corrected chi connectivity index (χ1v) is 9.80. The van der Waals surface area contributed by atoms with Crippen molar-refractivity contribution in [2.24, 2.45) is 5.41 Å². The van der Waals surface area contributed by atoms with Crippen LogP contribution in [0.5, 0.6) is 0 Å². The Morgan fingerprint density at radius 3 is 2.67 bits per heavy atom. The number of carbonyl (C=O) groups is 1. The van der Waals surface area contributed by atoms with E-state index in [0.29, 0.717) is 13.0 Å². The maximum Gasteiger partial charge on any atom is 0.248 e. The average Bonchev–Trinajstić information content (AvgIpc) is 3.00. The summed E-state index contributed by atoms with van der Waals surface area (Å²) in [6.07, 6.45) is 4.17. The Labute approximate surface area is 161 Å². The van der Waals surface area contributed by atoms with Gasteiger partial charge in [0.15, 0.2) is 0 Å². The van der Waals surface area contributed by atoms with Crippen LogP contribution in [0.1, 0.15) is 58.7 Å². The molecule has 0 unspecified atom stereocenters. The zero-order chi connectivity index (χ0) is 20.0.